The van der Waals surface area contributed by atoms with Crippen molar-refractivity contribution in [2.75, 3.05) is 13.1 Å². The topological polar surface area (TPSA) is 41.3 Å². The van der Waals surface area contributed by atoms with E-state index < -0.39 is 0 Å². The quantitative estimate of drug-likeness (QED) is 0.454. The number of hydrogen-bond donors (Lipinski definition) is 2. The van der Waals surface area contributed by atoms with Crippen LogP contribution in [0.3, 0.4) is 0 Å². The molecule has 0 saturated carbocycles. The second-order valence-corrected chi connectivity index (χ2v) is 3.33. The smallest absolute Gasteiger partial charge is 0.0369 e. The first-order chi connectivity index (χ1) is 4.88. The number of nitrogens with zero attached hydrogens (tertiary/aromatic N) is 1. The Morgan fingerprint density at radius 1 is 1.20 bits per heavy atom. The minimum Gasteiger partial charge on any atom is -0.315 e. The monoisotopic (exact) mass is 141 g/mol. The number of fused-ring (bicyclic) bond motifs is 2. The van der Waals surface area contributed by atoms with Crippen LogP contribution in [0.1, 0.15) is 19.3 Å². The number of hydrogen-bond acceptors (Lipinski definition) is 3. The van der Waals surface area contributed by atoms with Gasteiger partial charge in [-0.05, 0) is 25.8 Å². The zero-order valence-electron chi connectivity index (χ0n) is 6.21. The van der Waals surface area contributed by atoms with E-state index >= 15 is 0 Å². The van der Waals surface area contributed by atoms with E-state index in [2.05, 4.69) is 10.3 Å². The summed E-state index contributed by atoms with van der Waals surface area (Å²) in [5, 5.41) is 5.44. The lowest BCUT2D eigenvalue weighted by Crippen LogP contribution is -2.43. The molecule has 0 aromatic heterocycles. The molecule has 2 bridgehead atoms. The predicted octanol–water partition coefficient (Wildman–Crippen LogP) is -0.314. The molecule has 0 aliphatic carbocycles. The van der Waals surface area contributed by atoms with Crippen LogP contribution in [-0.4, -0.2) is 30.2 Å². The van der Waals surface area contributed by atoms with Crippen LogP contribution >= 0.6 is 0 Å². The van der Waals surface area contributed by atoms with Crippen LogP contribution in [0.15, 0.2) is 0 Å². The summed E-state index contributed by atoms with van der Waals surface area (Å²) in [5.74, 6) is 5.88. The van der Waals surface area contributed by atoms with Crippen molar-refractivity contribution in [3.05, 3.63) is 0 Å². The molecule has 3 heteroatoms. The second kappa shape index (κ2) is 2.49. The minimum atomic E-state index is 0.618. The van der Waals surface area contributed by atoms with Crippen LogP contribution < -0.4 is 11.2 Å². The molecule has 2 aliphatic heterocycles. The van der Waals surface area contributed by atoms with Gasteiger partial charge >= 0.3 is 0 Å². The van der Waals surface area contributed by atoms with E-state index in [4.69, 9.17) is 5.84 Å². The van der Waals surface area contributed by atoms with Gasteiger partial charge in [-0.1, -0.05) is 0 Å². The molecule has 2 unspecified atom stereocenters. The van der Waals surface area contributed by atoms with E-state index in [1.54, 1.807) is 0 Å². The van der Waals surface area contributed by atoms with Gasteiger partial charge in [-0.25, -0.2) is 5.01 Å². The first-order valence-electron chi connectivity index (χ1n) is 4.11. The number of hydrazine groups is 1. The van der Waals surface area contributed by atoms with Gasteiger partial charge in [0.05, 0.1) is 0 Å². The van der Waals surface area contributed by atoms with Crippen LogP contribution in [0.2, 0.25) is 0 Å². The van der Waals surface area contributed by atoms with Crippen molar-refractivity contribution in [1.29, 1.82) is 0 Å². The van der Waals surface area contributed by atoms with Crippen molar-refractivity contribution in [3.63, 3.8) is 0 Å². The van der Waals surface area contributed by atoms with Crippen molar-refractivity contribution >= 4 is 0 Å². The fourth-order valence-corrected chi connectivity index (χ4v) is 2.02. The lowest BCUT2D eigenvalue weighted by atomic mass is 10.1. The highest BCUT2D eigenvalue weighted by Crippen LogP contribution is 2.23. The molecule has 10 heavy (non-hydrogen) atoms. The standard InChI is InChI=1S/C7H15N3/c8-10-6-1-2-7(10)5-9-4-3-6/h6-7,9H,1-5,8H2. The van der Waals surface area contributed by atoms with Crippen molar-refractivity contribution in [2.24, 2.45) is 5.84 Å². The average molecular weight is 141 g/mol. The van der Waals surface area contributed by atoms with Crippen LogP contribution in [0.4, 0.5) is 0 Å². The Labute approximate surface area is 61.5 Å². The third-order valence-electron chi connectivity index (χ3n) is 2.71. The molecule has 0 aromatic rings. The summed E-state index contributed by atoms with van der Waals surface area (Å²) in [6.45, 7) is 2.24. The Morgan fingerprint density at radius 2 is 2.00 bits per heavy atom. The highest BCUT2D eigenvalue weighted by atomic mass is 15.5. The maximum atomic E-state index is 5.88. The third-order valence-corrected chi connectivity index (χ3v) is 2.71. The van der Waals surface area contributed by atoms with Crippen LogP contribution in [0, 0.1) is 0 Å². The molecule has 2 atom stereocenters. The molecule has 58 valence electrons. The van der Waals surface area contributed by atoms with Gasteiger partial charge in [0.25, 0.3) is 0 Å². The first-order valence-corrected chi connectivity index (χ1v) is 4.11. The molecule has 0 amide bonds. The highest BCUT2D eigenvalue weighted by Gasteiger charge is 2.32. The Bertz CT molecular complexity index is 112. The van der Waals surface area contributed by atoms with Gasteiger partial charge in [0.2, 0.25) is 0 Å². The molecule has 0 aromatic carbocycles. The number of nitrogens with two attached hydrogens (primary N) is 1. The van der Waals surface area contributed by atoms with E-state index in [0.717, 1.165) is 13.1 Å². The summed E-state index contributed by atoms with van der Waals surface area (Å²) in [7, 11) is 0. The maximum Gasteiger partial charge on any atom is 0.0369 e. The lowest BCUT2D eigenvalue weighted by molar-refractivity contribution is 0.208. The maximum absolute atomic E-state index is 5.88. The molecule has 0 radical (unpaired) electrons. The summed E-state index contributed by atoms with van der Waals surface area (Å²) >= 11 is 0. The molecular weight excluding hydrogens is 126 g/mol. The SMILES string of the molecule is NN1C2CCNCC1CC2. The van der Waals surface area contributed by atoms with Gasteiger partial charge in [0.1, 0.15) is 0 Å². The van der Waals surface area contributed by atoms with Gasteiger partial charge in [0, 0.05) is 18.6 Å². The third kappa shape index (κ3) is 0.944. The van der Waals surface area contributed by atoms with Crippen molar-refractivity contribution in [1.82, 2.24) is 10.3 Å². The first kappa shape index (κ1) is 6.58. The Balaban J connectivity index is 2.07. The van der Waals surface area contributed by atoms with Crippen molar-refractivity contribution < 1.29 is 0 Å². The largest absolute Gasteiger partial charge is 0.315 e. The lowest BCUT2D eigenvalue weighted by Gasteiger charge is -2.20. The highest BCUT2D eigenvalue weighted by molar-refractivity contribution is 4.88. The molecule has 2 rings (SSSR count). The molecule has 2 heterocycles. The molecular formula is C7H15N3. The summed E-state index contributed by atoms with van der Waals surface area (Å²) in [6.07, 6.45) is 3.82. The number of rotatable bonds is 0. The summed E-state index contributed by atoms with van der Waals surface area (Å²) in [4.78, 5) is 0. The van der Waals surface area contributed by atoms with Crippen molar-refractivity contribution in [2.45, 2.75) is 31.3 Å². The Morgan fingerprint density at radius 3 is 2.90 bits per heavy atom. The van der Waals surface area contributed by atoms with Crippen LogP contribution in [-0.2, 0) is 0 Å². The van der Waals surface area contributed by atoms with E-state index in [0.29, 0.717) is 12.1 Å². The molecule has 2 aliphatic rings. The van der Waals surface area contributed by atoms with E-state index in [-0.39, 0.29) is 0 Å². The summed E-state index contributed by atoms with van der Waals surface area (Å²) in [5.41, 5.74) is 0. The zero-order chi connectivity index (χ0) is 6.97. The van der Waals surface area contributed by atoms with E-state index in [1.807, 2.05) is 0 Å². The van der Waals surface area contributed by atoms with Gasteiger partial charge in [-0.15, -0.1) is 0 Å². The second-order valence-electron chi connectivity index (χ2n) is 3.33. The summed E-state index contributed by atoms with van der Waals surface area (Å²) in [6, 6.07) is 1.28. The van der Waals surface area contributed by atoms with Gasteiger partial charge < -0.3 is 5.32 Å². The fourth-order valence-electron chi connectivity index (χ4n) is 2.02. The van der Waals surface area contributed by atoms with E-state index in [9.17, 15) is 0 Å². The minimum absolute atomic E-state index is 0.618. The summed E-state index contributed by atoms with van der Waals surface area (Å²) < 4.78 is 0. The Hall–Kier alpha value is -0.120. The molecule has 3 nitrogen and oxygen atoms in total. The van der Waals surface area contributed by atoms with Gasteiger partial charge in [-0.2, -0.15) is 0 Å². The Kier molecular flexibility index (Phi) is 1.64. The molecule has 3 N–H and O–H groups in total. The van der Waals surface area contributed by atoms with Crippen LogP contribution in [0.25, 0.3) is 0 Å². The van der Waals surface area contributed by atoms with E-state index in [1.165, 1.54) is 19.3 Å². The fraction of sp³-hybridized carbons (Fsp3) is 1.00. The number of nitrogens with one attached hydrogen (secondary N) is 1. The van der Waals surface area contributed by atoms with Gasteiger partial charge in [-0.3, -0.25) is 5.84 Å². The average Bonchev–Trinajstić information content (AvgIpc) is 2.06. The van der Waals surface area contributed by atoms with Crippen molar-refractivity contribution in [3.8, 4) is 0 Å². The van der Waals surface area contributed by atoms with Crippen LogP contribution in [0.5, 0.6) is 0 Å². The zero-order valence-corrected chi connectivity index (χ0v) is 6.21. The normalized spacial score (nSPS) is 41.7. The van der Waals surface area contributed by atoms with Gasteiger partial charge in [0.15, 0.2) is 0 Å². The molecule has 2 saturated heterocycles. The molecule has 2 fully saturated rings. The molecule has 0 spiro atoms. The predicted molar refractivity (Wildman–Crippen MR) is 40.3 cm³/mol.